The molecule has 4 nitrogen and oxygen atoms in total. The minimum absolute atomic E-state index is 0.0621. The third kappa shape index (κ3) is 3.78. The first-order valence-corrected chi connectivity index (χ1v) is 8.06. The van der Waals surface area contributed by atoms with Crippen molar-refractivity contribution in [2.75, 3.05) is 24.7 Å². The zero-order chi connectivity index (χ0) is 17.8. The molecule has 1 aliphatic heterocycles. The Kier molecular flexibility index (Phi) is 5.27. The number of morpholine rings is 1. The molecule has 1 saturated heterocycles. The van der Waals surface area contributed by atoms with Gasteiger partial charge in [0.2, 0.25) is 0 Å². The molecule has 1 aliphatic rings. The van der Waals surface area contributed by atoms with Gasteiger partial charge in [0.05, 0.1) is 37.0 Å². The Morgan fingerprint density at radius 1 is 1.24 bits per heavy atom. The number of nitriles is 1. The predicted octanol–water partition coefficient (Wildman–Crippen LogP) is 3.17. The maximum absolute atomic E-state index is 14.4. The van der Waals surface area contributed by atoms with Crippen LogP contribution in [0.15, 0.2) is 42.5 Å². The number of hydrogen-bond donors (Lipinski definition) is 1. The fourth-order valence-electron chi connectivity index (χ4n) is 3.12. The molecule has 1 N–H and O–H groups in total. The normalized spacial score (nSPS) is 18.6. The first-order chi connectivity index (χ1) is 12.1. The average molecular weight is 344 g/mol. The second kappa shape index (κ2) is 7.60. The van der Waals surface area contributed by atoms with E-state index in [4.69, 9.17) is 10.00 Å². The SMILES string of the molecule is N#Cc1cc(F)c(N2CCOCC2CC(O)c2ccccc2)c(F)c1. The third-order valence-electron chi connectivity index (χ3n) is 4.34. The molecule has 1 heterocycles. The Balaban J connectivity index is 1.86. The summed E-state index contributed by atoms with van der Waals surface area (Å²) in [7, 11) is 0. The van der Waals surface area contributed by atoms with Crippen molar-refractivity contribution >= 4 is 5.69 Å². The molecule has 2 aromatic rings. The van der Waals surface area contributed by atoms with Crippen LogP contribution in [0, 0.1) is 23.0 Å². The van der Waals surface area contributed by atoms with Crippen molar-refractivity contribution < 1.29 is 18.6 Å². The molecule has 0 saturated carbocycles. The number of aliphatic hydroxyl groups excluding tert-OH is 1. The summed E-state index contributed by atoms with van der Waals surface area (Å²) in [4.78, 5) is 1.58. The second-order valence-electron chi connectivity index (χ2n) is 5.98. The van der Waals surface area contributed by atoms with Gasteiger partial charge in [0.25, 0.3) is 0 Å². The standard InChI is InChI=1S/C19H18F2N2O2/c20-16-8-13(11-22)9-17(21)19(16)23-6-7-25-12-15(23)10-18(24)14-4-2-1-3-5-14/h1-5,8-9,15,18,24H,6-7,10,12H2. The Bertz CT molecular complexity index is 754. The number of hydrogen-bond acceptors (Lipinski definition) is 4. The molecule has 130 valence electrons. The molecule has 0 aromatic heterocycles. The summed E-state index contributed by atoms with van der Waals surface area (Å²) in [6, 6.07) is 12.5. The minimum Gasteiger partial charge on any atom is -0.388 e. The molecular weight excluding hydrogens is 326 g/mol. The van der Waals surface area contributed by atoms with Crippen molar-refractivity contribution in [3.8, 4) is 6.07 Å². The van der Waals surface area contributed by atoms with Gasteiger partial charge in [-0.15, -0.1) is 0 Å². The fraction of sp³-hybridized carbons (Fsp3) is 0.316. The number of benzene rings is 2. The molecule has 0 amide bonds. The van der Waals surface area contributed by atoms with Crippen LogP contribution in [0.25, 0.3) is 0 Å². The van der Waals surface area contributed by atoms with Gasteiger partial charge in [0.15, 0.2) is 11.6 Å². The lowest BCUT2D eigenvalue weighted by atomic mass is 10.00. The highest BCUT2D eigenvalue weighted by Gasteiger charge is 2.30. The highest BCUT2D eigenvalue weighted by Crippen LogP contribution is 2.31. The van der Waals surface area contributed by atoms with Crippen LogP contribution in [-0.2, 0) is 4.74 Å². The van der Waals surface area contributed by atoms with E-state index < -0.39 is 17.7 Å². The summed E-state index contributed by atoms with van der Waals surface area (Å²) in [6.07, 6.45) is -0.483. The van der Waals surface area contributed by atoms with Crippen LogP contribution in [0.1, 0.15) is 23.7 Å². The minimum atomic E-state index is -0.780. The molecule has 2 aromatic carbocycles. The molecule has 0 bridgehead atoms. The Hall–Kier alpha value is -2.49. The van der Waals surface area contributed by atoms with Crippen molar-refractivity contribution in [3.63, 3.8) is 0 Å². The molecule has 6 heteroatoms. The van der Waals surface area contributed by atoms with Gasteiger partial charge < -0.3 is 14.7 Å². The van der Waals surface area contributed by atoms with Crippen molar-refractivity contribution in [2.45, 2.75) is 18.6 Å². The van der Waals surface area contributed by atoms with E-state index in [0.29, 0.717) is 13.2 Å². The lowest BCUT2D eigenvalue weighted by Crippen LogP contribution is -2.47. The van der Waals surface area contributed by atoms with Crippen molar-refractivity contribution in [1.29, 1.82) is 5.26 Å². The van der Waals surface area contributed by atoms with Crippen LogP contribution >= 0.6 is 0 Å². The van der Waals surface area contributed by atoms with Crippen LogP contribution in [0.5, 0.6) is 0 Å². The van der Waals surface area contributed by atoms with E-state index in [1.165, 1.54) is 0 Å². The Morgan fingerprint density at radius 3 is 2.56 bits per heavy atom. The van der Waals surface area contributed by atoms with Gasteiger partial charge in [-0.3, -0.25) is 0 Å². The van der Waals surface area contributed by atoms with E-state index in [1.807, 2.05) is 30.3 Å². The number of rotatable bonds is 4. The van der Waals surface area contributed by atoms with Gasteiger partial charge in [-0.25, -0.2) is 8.78 Å². The van der Waals surface area contributed by atoms with Crippen LogP contribution in [0.3, 0.4) is 0 Å². The fourth-order valence-corrected chi connectivity index (χ4v) is 3.12. The van der Waals surface area contributed by atoms with Crippen molar-refractivity contribution in [2.24, 2.45) is 0 Å². The summed E-state index contributed by atoms with van der Waals surface area (Å²) >= 11 is 0. The lowest BCUT2D eigenvalue weighted by molar-refractivity contribution is 0.0673. The highest BCUT2D eigenvalue weighted by atomic mass is 19.1. The van der Waals surface area contributed by atoms with Crippen LogP contribution in [0.4, 0.5) is 14.5 Å². The maximum atomic E-state index is 14.4. The smallest absolute Gasteiger partial charge is 0.150 e. The molecule has 25 heavy (non-hydrogen) atoms. The summed E-state index contributed by atoms with van der Waals surface area (Å²) in [5, 5.41) is 19.3. The second-order valence-corrected chi connectivity index (χ2v) is 5.98. The summed E-state index contributed by atoms with van der Waals surface area (Å²) in [6.45, 7) is 0.922. The molecule has 0 aliphatic carbocycles. The van der Waals surface area contributed by atoms with E-state index in [0.717, 1.165) is 17.7 Å². The van der Waals surface area contributed by atoms with E-state index >= 15 is 0 Å². The molecule has 2 atom stereocenters. The molecule has 0 radical (unpaired) electrons. The van der Waals surface area contributed by atoms with E-state index in [2.05, 4.69) is 0 Å². The summed E-state index contributed by atoms with van der Waals surface area (Å²) in [5.41, 5.74) is 0.509. The molecule has 2 unspecified atom stereocenters. The maximum Gasteiger partial charge on any atom is 0.150 e. The number of nitrogens with zero attached hydrogens (tertiary/aromatic N) is 2. The monoisotopic (exact) mass is 344 g/mol. The number of aliphatic hydroxyl groups is 1. The summed E-state index contributed by atoms with van der Waals surface area (Å²) in [5.74, 6) is -1.56. The predicted molar refractivity (Wildman–Crippen MR) is 89.0 cm³/mol. The van der Waals surface area contributed by atoms with Gasteiger partial charge in [0, 0.05) is 13.0 Å². The zero-order valence-corrected chi connectivity index (χ0v) is 13.5. The van der Waals surface area contributed by atoms with Crippen LogP contribution in [0.2, 0.25) is 0 Å². The van der Waals surface area contributed by atoms with Gasteiger partial charge in [-0.05, 0) is 17.7 Å². The molecule has 1 fully saturated rings. The highest BCUT2D eigenvalue weighted by molar-refractivity contribution is 5.53. The third-order valence-corrected chi connectivity index (χ3v) is 4.34. The first-order valence-electron chi connectivity index (χ1n) is 8.06. The lowest BCUT2D eigenvalue weighted by Gasteiger charge is -2.38. The average Bonchev–Trinajstić information content (AvgIpc) is 2.63. The van der Waals surface area contributed by atoms with E-state index in [-0.39, 0.29) is 30.3 Å². The number of ether oxygens (including phenoxy) is 1. The zero-order valence-electron chi connectivity index (χ0n) is 13.5. The van der Waals surface area contributed by atoms with E-state index in [1.54, 1.807) is 11.0 Å². The Morgan fingerprint density at radius 2 is 1.92 bits per heavy atom. The number of halogens is 2. The molecular formula is C19H18F2N2O2. The largest absolute Gasteiger partial charge is 0.388 e. The van der Waals surface area contributed by atoms with Crippen molar-refractivity contribution in [3.05, 3.63) is 65.2 Å². The van der Waals surface area contributed by atoms with Crippen LogP contribution < -0.4 is 4.90 Å². The molecule has 3 rings (SSSR count). The first kappa shape index (κ1) is 17.3. The number of anilines is 1. The van der Waals surface area contributed by atoms with E-state index in [9.17, 15) is 13.9 Å². The summed E-state index contributed by atoms with van der Waals surface area (Å²) < 4.78 is 34.2. The van der Waals surface area contributed by atoms with Gasteiger partial charge in [-0.2, -0.15) is 5.26 Å². The Labute approximate surface area is 144 Å². The molecule has 0 spiro atoms. The van der Waals surface area contributed by atoms with Gasteiger partial charge >= 0.3 is 0 Å². The van der Waals surface area contributed by atoms with Crippen molar-refractivity contribution in [1.82, 2.24) is 0 Å². The van der Waals surface area contributed by atoms with Gasteiger partial charge in [-0.1, -0.05) is 30.3 Å². The van der Waals surface area contributed by atoms with Gasteiger partial charge in [0.1, 0.15) is 5.69 Å². The topological polar surface area (TPSA) is 56.5 Å². The van der Waals surface area contributed by atoms with Crippen LogP contribution in [-0.4, -0.2) is 30.9 Å². The quantitative estimate of drug-likeness (QED) is 0.926.